The normalized spacial score (nSPS) is 14.6. The third-order valence-corrected chi connectivity index (χ3v) is 4.96. The Hall–Kier alpha value is -2.72. The highest BCUT2D eigenvalue weighted by atomic mass is 79.9. The number of benzene rings is 1. The van der Waals surface area contributed by atoms with Crippen molar-refractivity contribution in [2.45, 2.75) is 38.6 Å². The van der Waals surface area contributed by atoms with Gasteiger partial charge in [0.15, 0.2) is 0 Å². The first-order valence-corrected chi connectivity index (χ1v) is 9.63. The number of nitriles is 1. The lowest BCUT2D eigenvalue weighted by molar-refractivity contribution is -0.117. The van der Waals surface area contributed by atoms with Gasteiger partial charge in [-0.05, 0) is 65.2 Å². The Balaban J connectivity index is 1.66. The third kappa shape index (κ3) is 4.92. The fourth-order valence-corrected chi connectivity index (χ4v) is 3.26. The van der Waals surface area contributed by atoms with Crippen molar-refractivity contribution in [1.29, 1.82) is 5.26 Å². The summed E-state index contributed by atoms with van der Waals surface area (Å²) in [4.78, 5) is 20.5. The zero-order chi connectivity index (χ0) is 19.2. The number of nitrogens with one attached hydrogen (secondary N) is 2. The highest BCUT2D eigenvalue weighted by Gasteiger charge is 2.16. The molecule has 3 rings (SSSR count). The SMILES string of the molecule is CC(NC(=O)/C(C#N)=C\Nc1ncc(Br)cn1)c1ccc2c(c1)CCCC2. The Kier molecular flexibility index (Phi) is 6.20. The van der Waals surface area contributed by atoms with Crippen LogP contribution in [0, 0.1) is 11.3 Å². The monoisotopic (exact) mass is 425 g/mol. The summed E-state index contributed by atoms with van der Waals surface area (Å²) < 4.78 is 0.745. The molecule has 7 heteroatoms. The minimum atomic E-state index is -0.438. The third-order valence-electron chi connectivity index (χ3n) is 4.55. The Labute approximate surface area is 166 Å². The fourth-order valence-electron chi connectivity index (χ4n) is 3.05. The molecule has 6 nitrogen and oxygen atoms in total. The molecule has 0 saturated carbocycles. The Bertz CT molecular complexity index is 902. The summed E-state index contributed by atoms with van der Waals surface area (Å²) in [6.45, 7) is 1.92. The molecule has 0 saturated heterocycles. The lowest BCUT2D eigenvalue weighted by Crippen LogP contribution is -2.28. The molecule has 1 atom stereocenters. The zero-order valence-corrected chi connectivity index (χ0v) is 16.6. The van der Waals surface area contributed by atoms with E-state index in [1.807, 2.05) is 13.0 Å². The second-order valence-corrected chi connectivity index (χ2v) is 7.39. The first-order valence-electron chi connectivity index (χ1n) is 8.83. The number of hydrogen-bond donors (Lipinski definition) is 2. The van der Waals surface area contributed by atoms with E-state index in [1.54, 1.807) is 12.4 Å². The van der Waals surface area contributed by atoms with Gasteiger partial charge < -0.3 is 10.6 Å². The minimum Gasteiger partial charge on any atom is -0.345 e. The van der Waals surface area contributed by atoms with Gasteiger partial charge in [-0.1, -0.05) is 18.2 Å². The van der Waals surface area contributed by atoms with Crippen molar-refractivity contribution in [2.75, 3.05) is 5.32 Å². The van der Waals surface area contributed by atoms with Crippen LogP contribution in [0.5, 0.6) is 0 Å². The summed E-state index contributed by atoms with van der Waals surface area (Å²) in [5.74, 6) is -0.131. The van der Waals surface area contributed by atoms with Crippen LogP contribution in [0.15, 0.2) is 46.8 Å². The quantitative estimate of drug-likeness (QED) is 0.561. The number of carbonyl (C=O) groups excluding carboxylic acids is 1. The maximum absolute atomic E-state index is 12.4. The number of aromatic nitrogens is 2. The lowest BCUT2D eigenvalue weighted by atomic mass is 9.89. The molecule has 0 aliphatic heterocycles. The molecule has 0 spiro atoms. The van der Waals surface area contributed by atoms with Gasteiger partial charge in [-0.25, -0.2) is 9.97 Å². The maximum atomic E-state index is 12.4. The molecular formula is C20H20BrN5O. The van der Waals surface area contributed by atoms with E-state index in [0.717, 1.165) is 22.9 Å². The van der Waals surface area contributed by atoms with Crippen molar-refractivity contribution in [2.24, 2.45) is 0 Å². The van der Waals surface area contributed by atoms with E-state index in [1.165, 1.54) is 30.2 Å². The fraction of sp³-hybridized carbons (Fsp3) is 0.300. The van der Waals surface area contributed by atoms with Crippen LogP contribution in [0.3, 0.4) is 0 Å². The van der Waals surface area contributed by atoms with Gasteiger partial charge in [0.05, 0.1) is 10.5 Å². The van der Waals surface area contributed by atoms with Gasteiger partial charge in [0.2, 0.25) is 5.95 Å². The van der Waals surface area contributed by atoms with E-state index >= 15 is 0 Å². The molecule has 2 N–H and O–H groups in total. The van der Waals surface area contributed by atoms with Crippen LogP contribution < -0.4 is 10.6 Å². The molecule has 1 heterocycles. The van der Waals surface area contributed by atoms with Crippen molar-refractivity contribution >= 4 is 27.8 Å². The number of anilines is 1. The van der Waals surface area contributed by atoms with Crippen molar-refractivity contribution in [3.05, 3.63) is 63.5 Å². The van der Waals surface area contributed by atoms with Gasteiger partial charge in [-0.2, -0.15) is 5.26 Å². The van der Waals surface area contributed by atoms with Gasteiger partial charge in [0, 0.05) is 18.6 Å². The number of aryl methyl sites for hydroxylation is 2. The molecule has 1 amide bonds. The minimum absolute atomic E-state index is 0.0358. The predicted octanol–water partition coefficient (Wildman–Crippen LogP) is 3.81. The summed E-state index contributed by atoms with van der Waals surface area (Å²) in [6, 6.07) is 8.10. The summed E-state index contributed by atoms with van der Waals surface area (Å²) in [6.07, 6.45) is 9.14. The van der Waals surface area contributed by atoms with Crippen LogP contribution in [0.4, 0.5) is 5.95 Å². The van der Waals surface area contributed by atoms with Crippen molar-refractivity contribution in [3.63, 3.8) is 0 Å². The largest absolute Gasteiger partial charge is 0.345 e. The van der Waals surface area contributed by atoms with Crippen molar-refractivity contribution < 1.29 is 4.79 Å². The highest BCUT2D eigenvalue weighted by molar-refractivity contribution is 9.10. The molecule has 138 valence electrons. The number of fused-ring (bicyclic) bond motifs is 1. The van der Waals surface area contributed by atoms with Crippen LogP contribution in [0.2, 0.25) is 0 Å². The van der Waals surface area contributed by atoms with Gasteiger partial charge in [0.25, 0.3) is 5.91 Å². The second kappa shape index (κ2) is 8.78. The molecule has 0 radical (unpaired) electrons. The Morgan fingerprint density at radius 1 is 1.26 bits per heavy atom. The van der Waals surface area contributed by atoms with E-state index in [2.05, 4.69) is 54.7 Å². The molecule has 27 heavy (non-hydrogen) atoms. The second-order valence-electron chi connectivity index (χ2n) is 6.47. The number of amides is 1. The van der Waals surface area contributed by atoms with Gasteiger partial charge in [-0.3, -0.25) is 4.79 Å². The van der Waals surface area contributed by atoms with E-state index < -0.39 is 5.91 Å². The number of rotatable bonds is 5. The number of carbonyl (C=O) groups is 1. The van der Waals surface area contributed by atoms with Crippen LogP contribution in [0.1, 0.15) is 42.5 Å². The first kappa shape index (κ1) is 19.1. The molecule has 0 fully saturated rings. The van der Waals surface area contributed by atoms with E-state index in [0.29, 0.717) is 5.95 Å². The summed E-state index contributed by atoms with van der Waals surface area (Å²) >= 11 is 3.25. The summed E-state index contributed by atoms with van der Waals surface area (Å²) in [7, 11) is 0. The maximum Gasteiger partial charge on any atom is 0.263 e. The van der Waals surface area contributed by atoms with Crippen molar-refractivity contribution in [3.8, 4) is 6.07 Å². The standard InChI is InChI=1S/C20H20BrN5O/c1-13(15-7-6-14-4-2-3-5-16(14)8-15)26-19(27)17(9-22)10-23-20-24-11-18(21)12-25-20/h6-8,10-13H,2-5H2,1H3,(H,26,27)(H,23,24,25)/b17-10-. The predicted molar refractivity (Wildman–Crippen MR) is 107 cm³/mol. The summed E-state index contributed by atoms with van der Waals surface area (Å²) in [5, 5.41) is 14.9. The van der Waals surface area contributed by atoms with Gasteiger partial charge >= 0.3 is 0 Å². The van der Waals surface area contributed by atoms with Gasteiger partial charge in [0.1, 0.15) is 11.6 Å². The lowest BCUT2D eigenvalue weighted by Gasteiger charge is -2.20. The highest BCUT2D eigenvalue weighted by Crippen LogP contribution is 2.24. The van der Waals surface area contributed by atoms with Gasteiger partial charge in [-0.15, -0.1) is 0 Å². The summed E-state index contributed by atoms with van der Waals surface area (Å²) in [5.41, 5.74) is 3.78. The van der Waals surface area contributed by atoms with E-state index in [-0.39, 0.29) is 11.6 Å². The average Bonchev–Trinajstić information content (AvgIpc) is 2.69. The molecule has 1 aromatic heterocycles. The Morgan fingerprint density at radius 3 is 2.67 bits per heavy atom. The molecule has 2 aromatic rings. The zero-order valence-electron chi connectivity index (χ0n) is 15.0. The van der Waals surface area contributed by atoms with E-state index in [4.69, 9.17) is 0 Å². The van der Waals surface area contributed by atoms with Crippen LogP contribution in [-0.2, 0) is 17.6 Å². The topological polar surface area (TPSA) is 90.7 Å². The average molecular weight is 426 g/mol. The first-order chi connectivity index (χ1) is 13.1. The molecule has 0 bridgehead atoms. The van der Waals surface area contributed by atoms with Crippen LogP contribution in [0.25, 0.3) is 0 Å². The Morgan fingerprint density at radius 2 is 1.96 bits per heavy atom. The van der Waals surface area contributed by atoms with Crippen molar-refractivity contribution in [1.82, 2.24) is 15.3 Å². The van der Waals surface area contributed by atoms with Crippen LogP contribution >= 0.6 is 15.9 Å². The molecular weight excluding hydrogens is 406 g/mol. The smallest absolute Gasteiger partial charge is 0.263 e. The van der Waals surface area contributed by atoms with Crippen LogP contribution in [-0.4, -0.2) is 15.9 Å². The number of nitrogens with zero attached hydrogens (tertiary/aromatic N) is 3. The molecule has 1 aromatic carbocycles. The number of hydrogen-bond acceptors (Lipinski definition) is 5. The molecule has 1 aliphatic rings. The molecule has 1 unspecified atom stereocenters. The number of halogens is 1. The molecule has 1 aliphatic carbocycles. The van der Waals surface area contributed by atoms with E-state index in [9.17, 15) is 10.1 Å².